The van der Waals surface area contributed by atoms with Crippen LogP contribution in [0.2, 0.25) is 0 Å². The minimum Gasteiger partial charge on any atom is -0.481 e. The summed E-state index contributed by atoms with van der Waals surface area (Å²) >= 11 is 0. The molecule has 0 saturated heterocycles. The molecule has 1 N–H and O–H groups in total. The number of aromatic nitrogens is 3. The number of rotatable bonds is 5. The molecule has 1 aliphatic rings. The van der Waals surface area contributed by atoms with E-state index in [9.17, 15) is 4.79 Å². The standard InChI is InChI=1S/C14H15N3O2/c18-14(19)9-12(10-5-6-10)11-3-1-2-4-13(11)17-8-7-15-16-17/h1-4,7-8,10,12H,5-6,9H2,(H,18,19). The molecule has 1 aromatic carbocycles. The summed E-state index contributed by atoms with van der Waals surface area (Å²) in [7, 11) is 0. The number of benzene rings is 1. The van der Waals surface area contributed by atoms with Crippen molar-refractivity contribution in [1.29, 1.82) is 0 Å². The van der Waals surface area contributed by atoms with Crippen LogP contribution in [0.3, 0.4) is 0 Å². The zero-order valence-corrected chi connectivity index (χ0v) is 10.4. The van der Waals surface area contributed by atoms with E-state index in [0.29, 0.717) is 5.92 Å². The van der Waals surface area contributed by atoms with E-state index in [1.807, 2.05) is 24.3 Å². The Labute approximate surface area is 110 Å². The quantitative estimate of drug-likeness (QED) is 0.891. The molecule has 1 aromatic heterocycles. The number of para-hydroxylation sites is 1. The van der Waals surface area contributed by atoms with Crippen LogP contribution >= 0.6 is 0 Å². The van der Waals surface area contributed by atoms with Gasteiger partial charge in [0.15, 0.2) is 0 Å². The molecule has 98 valence electrons. The minimum absolute atomic E-state index is 0.0675. The number of carboxylic acids is 1. The second-order valence-electron chi connectivity index (χ2n) is 4.95. The molecule has 0 aliphatic heterocycles. The number of carbonyl (C=O) groups is 1. The highest BCUT2D eigenvalue weighted by Crippen LogP contribution is 2.45. The molecule has 19 heavy (non-hydrogen) atoms. The zero-order chi connectivity index (χ0) is 13.2. The minimum atomic E-state index is -0.745. The van der Waals surface area contributed by atoms with Gasteiger partial charge in [-0.15, -0.1) is 5.10 Å². The Morgan fingerprint density at radius 2 is 2.21 bits per heavy atom. The first-order chi connectivity index (χ1) is 9.25. The molecule has 0 bridgehead atoms. The first-order valence-electron chi connectivity index (χ1n) is 6.43. The van der Waals surface area contributed by atoms with E-state index in [1.165, 1.54) is 0 Å². The molecule has 3 rings (SSSR count). The first-order valence-corrected chi connectivity index (χ1v) is 6.43. The maximum absolute atomic E-state index is 11.1. The van der Waals surface area contributed by atoms with Crippen molar-refractivity contribution in [3.63, 3.8) is 0 Å². The molecular formula is C14H15N3O2. The van der Waals surface area contributed by atoms with Crippen LogP contribution in [0.15, 0.2) is 36.7 Å². The average molecular weight is 257 g/mol. The highest BCUT2D eigenvalue weighted by atomic mass is 16.4. The predicted molar refractivity (Wildman–Crippen MR) is 69.1 cm³/mol. The van der Waals surface area contributed by atoms with Gasteiger partial charge in [-0.25, -0.2) is 4.68 Å². The van der Waals surface area contributed by atoms with Gasteiger partial charge in [0.25, 0.3) is 0 Å². The maximum atomic E-state index is 11.1. The lowest BCUT2D eigenvalue weighted by atomic mass is 9.90. The fraction of sp³-hybridized carbons (Fsp3) is 0.357. The largest absolute Gasteiger partial charge is 0.481 e. The van der Waals surface area contributed by atoms with Gasteiger partial charge in [-0.2, -0.15) is 0 Å². The van der Waals surface area contributed by atoms with Crippen LogP contribution < -0.4 is 0 Å². The van der Waals surface area contributed by atoms with E-state index in [0.717, 1.165) is 24.1 Å². The normalized spacial score (nSPS) is 16.2. The summed E-state index contributed by atoms with van der Waals surface area (Å²) in [6.07, 6.45) is 5.81. The van der Waals surface area contributed by atoms with E-state index in [1.54, 1.807) is 17.1 Å². The number of nitrogens with zero attached hydrogens (tertiary/aromatic N) is 3. The summed E-state index contributed by atoms with van der Waals surface area (Å²) in [5, 5.41) is 16.9. The third-order valence-corrected chi connectivity index (χ3v) is 3.59. The Bertz CT molecular complexity index is 576. The molecule has 5 nitrogen and oxygen atoms in total. The Morgan fingerprint density at radius 1 is 1.42 bits per heavy atom. The lowest BCUT2D eigenvalue weighted by Crippen LogP contribution is -2.12. The molecule has 1 saturated carbocycles. The van der Waals surface area contributed by atoms with Crippen LogP contribution in [-0.2, 0) is 4.79 Å². The van der Waals surface area contributed by atoms with Gasteiger partial charge in [0, 0.05) is 0 Å². The van der Waals surface area contributed by atoms with Gasteiger partial charge in [-0.05, 0) is 36.3 Å². The first kappa shape index (κ1) is 11.9. The summed E-state index contributed by atoms with van der Waals surface area (Å²) in [6.45, 7) is 0. The Kier molecular flexibility index (Phi) is 3.03. The van der Waals surface area contributed by atoms with Gasteiger partial charge in [0.2, 0.25) is 0 Å². The lowest BCUT2D eigenvalue weighted by molar-refractivity contribution is -0.137. The number of hydrogen-bond donors (Lipinski definition) is 1. The van der Waals surface area contributed by atoms with Crippen LogP contribution in [0.25, 0.3) is 5.69 Å². The highest BCUT2D eigenvalue weighted by molar-refractivity contribution is 5.68. The van der Waals surface area contributed by atoms with Crippen molar-refractivity contribution in [3.05, 3.63) is 42.2 Å². The molecule has 0 amide bonds. The maximum Gasteiger partial charge on any atom is 0.303 e. The number of carboxylic acid groups (broad SMARTS) is 1. The van der Waals surface area contributed by atoms with Crippen molar-refractivity contribution >= 4 is 5.97 Å². The van der Waals surface area contributed by atoms with Crippen molar-refractivity contribution in [1.82, 2.24) is 15.0 Å². The van der Waals surface area contributed by atoms with Gasteiger partial charge in [-0.3, -0.25) is 4.79 Å². The molecule has 0 spiro atoms. The summed E-state index contributed by atoms with van der Waals surface area (Å²) in [5.74, 6) is -0.191. The van der Waals surface area contributed by atoms with Gasteiger partial charge in [0.1, 0.15) is 0 Å². The molecule has 1 heterocycles. The van der Waals surface area contributed by atoms with Crippen molar-refractivity contribution in [2.24, 2.45) is 5.92 Å². The van der Waals surface area contributed by atoms with Crippen LogP contribution in [0.4, 0.5) is 0 Å². The van der Waals surface area contributed by atoms with Gasteiger partial charge in [-0.1, -0.05) is 23.4 Å². The topological polar surface area (TPSA) is 68.0 Å². The summed E-state index contributed by atoms with van der Waals surface area (Å²) in [4.78, 5) is 11.1. The van der Waals surface area contributed by atoms with Crippen LogP contribution in [0, 0.1) is 5.92 Å². The number of aliphatic carboxylic acids is 1. The summed E-state index contributed by atoms with van der Waals surface area (Å²) in [5.41, 5.74) is 1.98. The average Bonchev–Trinajstić information content (AvgIpc) is 3.10. The molecule has 1 aliphatic carbocycles. The van der Waals surface area contributed by atoms with Crippen molar-refractivity contribution in [2.75, 3.05) is 0 Å². The molecular weight excluding hydrogens is 242 g/mol. The van der Waals surface area contributed by atoms with E-state index in [2.05, 4.69) is 10.3 Å². The second-order valence-corrected chi connectivity index (χ2v) is 4.95. The highest BCUT2D eigenvalue weighted by Gasteiger charge is 2.35. The van der Waals surface area contributed by atoms with Crippen LogP contribution in [0.5, 0.6) is 0 Å². The van der Waals surface area contributed by atoms with E-state index < -0.39 is 5.97 Å². The third-order valence-electron chi connectivity index (χ3n) is 3.59. The second kappa shape index (κ2) is 4.84. The summed E-state index contributed by atoms with van der Waals surface area (Å²) in [6, 6.07) is 7.85. The van der Waals surface area contributed by atoms with E-state index >= 15 is 0 Å². The molecule has 1 atom stereocenters. The monoisotopic (exact) mass is 257 g/mol. The van der Waals surface area contributed by atoms with Gasteiger partial charge < -0.3 is 5.11 Å². The Hall–Kier alpha value is -2.17. The fourth-order valence-corrected chi connectivity index (χ4v) is 2.56. The van der Waals surface area contributed by atoms with Gasteiger partial charge in [0.05, 0.1) is 24.5 Å². The van der Waals surface area contributed by atoms with Gasteiger partial charge >= 0.3 is 5.97 Å². The lowest BCUT2D eigenvalue weighted by Gasteiger charge is -2.18. The Balaban J connectivity index is 2.00. The molecule has 1 fully saturated rings. The number of hydrogen-bond acceptors (Lipinski definition) is 3. The van der Waals surface area contributed by atoms with E-state index in [-0.39, 0.29) is 12.3 Å². The molecule has 5 heteroatoms. The smallest absolute Gasteiger partial charge is 0.303 e. The molecule has 2 aromatic rings. The predicted octanol–water partition coefficient (Wildman–Crippen LogP) is 2.24. The zero-order valence-electron chi connectivity index (χ0n) is 10.4. The third kappa shape index (κ3) is 2.50. The Morgan fingerprint density at radius 3 is 2.84 bits per heavy atom. The fourth-order valence-electron chi connectivity index (χ4n) is 2.56. The van der Waals surface area contributed by atoms with E-state index in [4.69, 9.17) is 5.11 Å². The van der Waals surface area contributed by atoms with Crippen molar-refractivity contribution < 1.29 is 9.90 Å². The summed E-state index contributed by atoms with van der Waals surface area (Å²) < 4.78 is 1.70. The molecule has 0 radical (unpaired) electrons. The SMILES string of the molecule is O=C(O)CC(c1ccccc1-n1ccnn1)C1CC1. The van der Waals surface area contributed by atoms with Crippen molar-refractivity contribution in [2.45, 2.75) is 25.2 Å². The van der Waals surface area contributed by atoms with Crippen LogP contribution in [0.1, 0.15) is 30.7 Å². The molecule has 1 unspecified atom stereocenters. The van der Waals surface area contributed by atoms with Crippen molar-refractivity contribution in [3.8, 4) is 5.69 Å². The van der Waals surface area contributed by atoms with Crippen LogP contribution in [-0.4, -0.2) is 26.1 Å².